The van der Waals surface area contributed by atoms with E-state index in [1.807, 2.05) is 60.9 Å². The summed E-state index contributed by atoms with van der Waals surface area (Å²) < 4.78 is 24.8. The molecule has 0 saturated heterocycles. The van der Waals surface area contributed by atoms with E-state index in [1.54, 1.807) is 0 Å². The van der Waals surface area contributed by atoms with Gasteiger partial charge in [0.2, 0.25) is 0 Å². The van der Waals surface area contributed by atoms with E-state index in [-0.39, 0.29) is 5.75 Å². The maximum Gasteiger partial charge on any atom is 0.196 e. The number of hydrogen-bond donors (Lipinski definition) is 0. The molecule has 0 aliphatic rings. The van der Waals surface area contributed by atoms with Crippen LogP contribution in [0, 0.1) is 13.8 Å². The zero-order chi connectivity index (χ0) is 18.7. The fraction of sp³-hybridized carbons (Fsp3) is 0.263. The molecule has 0 aliphatic heterocycles. The molecule has 0 fully saturated rings. The van der Waals surface area contributed by atoms with Crippen LogP contribution in [0.15, 0.2) is 53.7 Å². The lowest BCUT2D eigenvalue weighted by Crippen LogP contribution is -2.06. The molecule has 0 saturated carbocycles. The van der Waals surface area contributed by atoms with Crippen LogP contribution in [0.4, 0.5) is 0 Å². The standard InChI is InChI=1S/C19H21N3O2S2/c1-14-7-9-17(10-8-14)22-18(16-6-4-5-15(2)13-16)20-21-19(22)25-11-12-26(3,23)24/h4-10,13H,11-12H2,1-3H3. The zero-order valence-electron chi connectivity index (χ0n) is 15.0. The summed E-state index contributed by atoms with van der Waals surface area (Å²) in [4.78, 5) is 0. The van der Waals surface area contributed by atoms with Crippen LogP contribution in [0.25, 0.3) is 17.1 Å². The summed E-state index contributed by atoms with van der Waals surface area (Å²) in [5, 5.41) is 9.39. The van der Waals surface area contributed by atoms with E-state index >= 15 is 0 Å². The monoisotopic (exact) mass is 387 g/mol. The quantitative estimate of drug-likeness (QED) is 0.604. The summed E-state index contributed by atoms with van der Waals surface area (Å²) in [6, 6.07) is 16.2. The molecule has 26 heavy (non-hydrogen) atoms. The van der Waals surface area contributed by atoms with E-state index in [4.69, 9.17) is 0 Å². The molecule has 7 heteroatoms. The molecule has 3 aromatic rings. The van der Waals surface area contributed by atoms with Gasteiger partial charge in [0.05, 0.1) is 5.75 Å². The number of aromatic nitrogens is 3. The third-order valence-electron chi connectivity index (χ3n) is 3.89. The molecule has 0 atom stereocenters. The average Bonchev–Trinajstić information content (AvgIpc) is 2.98. The van der Waals surface area contributed by atoms with Crippen molar-refractivity contribution in [3.05, 3.63) is 59.7 Å². The molecule has 1 heterocycles. The van der Waals surface area contributed by atoms with Crippen LogP contribution in [0.1, 0.15) is 11.1 Å². The topological polar surface area (TPSA) is 64.8 Å². The molecule has 0 radical (unpaired) electrons. The van der Waals surface area contributed by atoms with Crippen molar-refractivity contribution >= 4 is 21.6 Å². The summed E-state index contributed by atoms with van der Waals surface area (Å²) >= 11 is 1.40. The van der Waals surface area contributed by atoms with Crippen LogP contribution in [0.2, 0.25) is 0 Å². The number of sulfone groups is 1. The number of benzene rings is 2. The first-order valence-corrected chi connectivity index (χ1v) is 11.3. The van der Waals surface area contributed by atoms with Gasteiger partial charge in [0.15, 0.2) is 11.0 Å². The Morgan fingerprint density at radius 3 is 2.38 bits per heavy atom. The Hall–Kier alpha value is -2.12. The van der Waals surface area contributed by atoms with Gasteiger partial charge in [-0.15, -0.1) is 10.2 Å². The van der Waals surface area contributed by atoms with Crippen LogP contribution >= 0.6 is 11.8 Å². The van der Waals surface area contributed by atoms with E-state index in [2.05, 4.69) is 16.3 Å². The molecule has 0 amide bonds. The van der Waals surface area contributed by atoms with Crippen molar-refractivity contribution in [3.8, 4) is 17.1 Å². The molecule has 3 rings (SSSR count). The van der Waals surface area contributed by atoms with E-state index in [1.165, 1.54) is 23.6 Å². The predicted molar refractivity (Wildman–Crippen MR) is 107 cm³/mol. The average molecular weight is 388 g/mol. The third kappa shape index (κ3) is 4.53. The number of hydrogen-bond acceptors (Lipinski definition) is 5. The second-order valence-electron chi connectivity index (χ2n) is 6.32. The lowest BCUT2D eigenvalue weighted by atomic mass is 10.1. The van der Waals surface area contributed by atoms with Crippen molar-refractivity contribution in [3.63, 3.8) is 0 Å². The summed E-state index contributed by atoms with van der Waals surface area (Å²) in [7, 11) is -3.01. The molecule has 0 spiro atoms. The highest BCUT2D eigenvalue weighted by Gasteiger charge is 2.17. The van der Waals surface area contributed by atoms with E-state index in [0.29, 0.717) is 10.9 Å². The van der Waals surface area contributed by atoms with Gasteiger partial charge in [-0.3, -0.25) is 4.57 Å². The van der Waals surface area contributed by atoms with Crippen molar-refractivity contribution < 1.29 is 8.42 Å². The van der Waals surface area contributed by atoms with Gasteiger partial charge in [0, 0.05) is 23.3 Å². The fourth-order valence-electron chi connectivity index (χ4n) is 2.55. The van der Waals surface area contributed by atoms with Crippen molar-refractivity contribution in [1.82, 2.24) is 14.8 Å². The summed E-state index contributed by atoms with van der Waals surface area (Å²) in [5.74, 6) is 1.30. The van der Waals surface area contributed by atoms with Crippen LogP contribution in [0.3, 0.4) is 0 Å². The van der Waals surface area contributed by atoms with E-state index < -0.39 is 9.84 Å². The minimum atomic E-state index is -3.01. The largest absolute Gasteiger partial charge is 0.270 e. The Morgan fingerprint density at radius 2 is 1.73 bits per heavy atom. The third-order valence-corrected chi connectivity index (χ3v) is 6.02. The first-order chi connectivity index (χ1) is 12.3. The highest BCUT2D eigenvalue weighted by molar-refractivity contribution is 8.00. The number of rotatable bonds is 6. The summed E-state index contributed by atoms with van der Waals surface area (Å²) in [5.41, 5.74) is 4.25. The lowest BCUT2D eigenvalue weighted by molar-refractivity contribution is 0.603. The van der Waals surface area contributed by atoms with E-state index in [0.717, 1.165) is 22.6 Å². The highest BCUT2D eigenvalue weighted by atomic mass is 32.2. The van der Waals surface area contributed by atoms with Gasteiger partial charge in [-0.1, -0.05) is 53.2 Å². The molecule has 5 nitrogen and oxygen atoms in total. The molecule has 0 N–H and O–H groups in total. The van der Waals surface area contributed by atoms with Crippen LogP contribution < -0.4 is 0 Å². The van der Waals surface area contributed by atoms with Gasteiger partial charge in [-0.05, 0) is 32.0 Å². The van der Waals surface area contributed by atoms with Crippen LogP contribution in [0.5, 0.6) is 0 Å². The van der Waals surface area contributed by atoms with Crippen molar-refractivity contribution in [2.75, 3.05) is 17.8 Å². The SMILES string of the molecule is Cc1ccc(-n2c(SCCS(C)(=O)=O)nnc2-c2cccc(C)c2)cc1. The van der Waals surface area contributed by atoms with Crippen LogP contribution in [-0.4, -0.2) is 40.9 Å². The molecule has 1 aromatic heterocycles. The summed E-state index contributed by atoms with van der Waals surface area (Å²) in [6.45, 7) is 4.08. The van der Waals surface area contributed by atoms with Gasteiger partial charge < -0.3 is 0 Å². The van der Waals surface area contributed by atoms with Crippen LogP contribution in [-0.2, 0) is 9.84 Å². The maximum atomic E-state index is 11.4. The highest BCUT2D eigenvalue weighted by Crippen LogP contribution is 2.28. The molecular formula is C19H21N3O2S2. The Kier molecular flexibility index (Phi) is 5.48. The van der Waals surface area contributed by atoms with Gasteiger partial charge in [0.1, 0.15) is 9.84 Å². The first-order valence-electron chi connectivity index (χ1n) is 8.23. The zero-order valence-corrected chi connectivity index (χ0v) is 16.6. The maximum absolute atomic E-state index is 11.4. The van der Waals surface area contributed by atoms with Gasteiger partial charge in [0.25, 0.3) is 0 Å². The minimum absolute atomic E-state index is 0.109. The smallest absolute Gasteiger partial charge is 0.196 e. The number of nitrogens with zero attached hydrogens (tertiary/aromatic N) is 3. The predicted octanol–water partition coefficient (Wildman–Crippen LogP) is 3.69. The Balaban J connectivity index is 2.03. The molecule has 136 valence electrons. The second-order valence-corrected chi connectivity index (χ2v) is 9.65. The number of thioether (sulfide) groups is 1. The summed E-state index contributed by atoms with van der Waals surface area (Å²) in [6.07, 6.45) is 1.25. The number of aryl methyl sites for hydroxylation is 2. The Labute approximate surface area is 158 Å². The lowest BCUT2D eigenvalue weighted by Gasteiger charge is -2.11. The second kappa shape index (κ2) is 7.63. The fourth-order valence-corrected chi connectivity index (χ4v) is 4.69. The minimum Gasteiger partial charge on any atom is -0.270 e. The van der Waals surface area contributed by atoms with E-state index in [9.17, 15) is 8.42 Å². The van der Waals surface area contributed by atoms with Gasteiger partial charge >= 0.3 is 0 Å². The van der Waals surface area contributed by atoms with Gasteiger partial charge in [-0.2, -0.15) is 0 Å². The van der Waals surface area contributed by atoms with Crippen molar-refractivity contribution in [2.45, 2.75) is 19.0 Å². The molecule has 0 unspecified atom stereocenters. The van der Waals surface area contributed by atoms with Crippen molar-refractivity contribution in [1.29, 1.82) is 0 Å². The normalized spacial score (nSPS) is 11.7. The molecule has 0 bridgehead atoms. The Morgan fingerprint density at radius 1 is 1.00 bits per heavy atom. The molecular weight excluding hydrogens is 366 g/mol. The molecule has 0 aliphatic carbocycles. The Bertz CT molecular complexity index is 1010. The first kappa shape index (κ1) is 18.7. The van der Waals surface area contributed by atoms with Gasteiger partial charge in [-0.25, -0.2) is 8.42 Å². The molecule has 2 aromatic carbocycles. The van der Waals surface area contributed by atoms with Crippen molar-refractivity contribution in [2.24, 2.45) is 0 Å².